The number of phenols is 1. The topological polar surface area (TPSA) is 200 Å². The molecule has 12 heteroatoms. The molecule has 37 heavy (non-hydrogen) atoms. The van der Waals surface area contributed by atoms with Crippen LogP contribution < -0.4 is 27.0 Å². The standard InChI is InChI=1S/C25H37N5O7/c1-3-14(2)21(24(35)29-19(25(36)37)13-15-6-8-16(31)9-7-15)30-23(34)18(10-11-20(26)32)28-22(33)17-5-4-12-27-17/h6-9,14,17-19,21,27,31H,3-5,10-13H2,1-2H3,(H2,26,32)(H,28,33)(H,29,35)(H,30,34)(H,36,37). The van der Waals surface area contributed by atoms with Crippen molar-refractivity contribution < 1.29 is 34.2 Å². The Kier molecular flexibility index (Phi) is 11.3. The van der Waals surface area contributed by atoms with Crippen LogP contribution in [0, 0.1) is 5.92 Å². The monoisotopic (exact) mass is 519 g/mol. The van der Waals surface area contributed by atoms with Crippen LogP contribution in [-0.2, 0) is 30.4 Å². The Labute approximate surface area is 215 Å². The number of aliphatic carboxylic acids is 1. The predicted octanol–water partition coefficient (Wildman–Crippen LogP) is -0.463. The van der Waals surface area contributed by atoms with Crippen molar-refractivity contribution in [3.63, 3.8) is 0 Å². The number of nitrogens with two attached hydrogens (primary N) is 1. The number of rotatable bonds is 14. The highest BCUT2D eigenvalue weighted by Gasteiger charge is 2.33. The van der Waals surface area contributed by atoms with Gasteiger partial charge in [-0.25, -0.2) is 4.79 Å². The summed E-state index contributed by atoms with van der Waals surface area (Å²) in [7, 11) is 0. The summed E-state index contributed by atoms with van der Waals surface area (Å²) < 4.78 is 0. The molecular weight excluding hydrogens is 482 g/mol. The molecule has 2 rings (SSSR count). The largest absolute Gasteiger partial charge is 0.508 e. The van der Waals surface area contributed by atoms with Gasteiger partial charge in [0.15, 0.2) is 0 Å². The lowest BCUT2D eigenvalue weighted by molar-refractivity contribution is -0.142. The van der Waals surface area contributed by atoms with E-state index in [4.69, 9.17) is 5.73 Å². The second-order valence-electron chi connectivity index (χ2n) is 9.36. The van der Waals surface area contributed by atoms with Crippen LogP contribution in [0.3, 0.4) is 0 Å². The molecule has 1 aliphatic rings. The first-order valence-corrected chi connectivity index (χ1v) is 12.4. The number of aromatic hydroxyl groups is 1. The average molecular weight is 520 g/mol. The summed E-state index contributed by atoms with van der Waals surface area (Å²) >= 11 is 0. The van der Waals surface area contributed by atoms with Gasteiger partial charge in [-0.2, -0.15) is 0 Å². The van der Waals surface area contributed by atoms with Gasteiger partial charge in [0, 0.05) is 12.8 Å². The van der Waals surface area contributed by atoms with Gasteiger partial charge in [0.1, 0.15) is 23.9 Å². The third-order valence-electron chi connectivity index (χ3n) is 6.47. The first kappa shape index (κ1) is 29.6. The molecule has 1 aromatic rings. The Balaban J connectivity index is 2.14. The molecule has 1 aromatic carbocycles. The molecule has 8 N–H and O–H groups in total. The van der Waals surface area contributed by atoms with E-state index in [1.54, 1.807) is 19.1 Å². The van der Waals surface area contributed by atoms with Crippen molar-refractivity contribution in [2.24, 2.45) is 11.7 Å². The zero-order valence-corrected chi connectivity index (χ0v) is 21.2. The van der Waals surface area contributed by atoms with Gasteiger partial charge in [-0.15, -0.1) is 0 Å². The molecule has 5 unspecified atom stereocenters. The van der Waals surface area contributed by atoms with Crippen molar-refractivity contribution in [1.29, 1.82) is 0 Å². The highest BCUT2D eigenvalue weighted by Crippen LogP contribution is 2.14. The summed E-state index contributed by atoms with van der Waals surface area (Å²) in [5, 5.41) is 29.9. The fourth-order valence-corrected chi connectivity index (χ4v) is 4.02. The minimum atomic E-state index is -1.28. The van der Waals surface area contributed by atoms with Gasteiger partial charge >= 0.3 is 5.97 Å². The molecule has 12 nitrogen and oxygen atoms in total. The molecule has 0 spiro atoms. The number of carboxylic acids is 1. The second-order valence-corrected chi connectivity index (χ2v) is 9.36. The Morgan fingerprint density at radius 1 is 1.05 bits per heavy atom. The number of carboxylic acid groups (broad SMARTS) is 1. The third-order valence-corrected chi connectivity index (χ3v) is 6.47. The molecule has 0 aromatic heterocycles. The highest BCUT2D eigenvalue weighted by atomic mass is 16.4. The molecule has 0 radical (unpaired) electrons. The second kappa shape index (κ2) is 14.2. The van der Waals surface area contributed by atoms with Gasteiger partial charge in [0.2, 0.25) is 23.6 Å². The maximum atomic E-state index is 13.2. The molecule has 1 aliphatic heterocycles. The zero-order chi connectivity index (χ0) is 27.5. The van der Waals surface area contributed by atoms with Crippen molar-refractivity contribution in [3.05, 3.63) is 29.8 Å². The Morgan fingerprint density at radius 3 is 2.27 bits per heavy atom. The van der Waals surface area contributed by atoms with Gasteiger partial charge in [-0.05, 0) is 49.4 Å². The Hall–Kier alpha value is -3.67. The Morgan fingerprint density at radius 2 is 1.73 bits per heavy atom. The van der Waals surface area contributed by atoms with E-state index < -0.39 is 47.9 Å². The van der Waals surface area contributed by atoms with E-state index >= 15 is 0 Å². The first-order valence-electron chi connectivity index (χ1n) is 12.4. The maximum Gasteiger partial charge on any atom is 0.326 e. The molecule has 1 fully saturated rings. The minimum Gasteiger partial charge on any atom is -0.508 e. The van der Waals surface area contributed by atoms with Gasteiger partial charge in [-0.3, -0.25) is 19.2 Å². The van der Waals surface area contributed by atoms with Crippen LogP contribution in [-0.4, -0.2) is 70.5 Å². The van der Waals surface area contributed by atoms with Gasteiger partial charge in [-0.1, -0.05) is 32.4 Å². The third kappa shape index (κ3) is 9.37. The summed E-state index contributed by atoms with van der Waals surface area (Å²) in [5.41, 5.74) is 5.83. The van der Waals surface area contributed by atoms with Crippen LogP contribution in [0.1, 0.15) is 51.5 Å². The number of carbonyl (C=O) groups is 5. The lowest BCUT2D eigenvalue weighted by Gasteiger charge is -2.28. The van der Waals surface area contributed by atoms with Crippen LogP contribution >= 0.6 is 0 Å². The smallest absolute Gasteiger partial charge is 0.326 e. The number of benzene rings is 1. The summed E-state index contributed by atoms with van der Waals surface area (Å²) in [6.45, 7) is 4.24. The molecule has 1 saturated heterocycles. The number of phenolic OH excluding ortho intramolecular Hbond substituents is 1. The molecule has 5 atom stereocenters. The number of hydrogen-bond acceptors (Lipinski definition) is 7. The van der Waals surface area contributed by atoms with E-state index in [1.165, 1.54) is 12.1 Å². The van der Waals surface area contributed by atoms with Crippen LogP contribution in [0.5, 0.6) is 5.75 Å². The molecular formula is C25H37N5O7. The van der Waals surface area contributed by atoms with E-state index in [9.17, 15) is 34.2 Å². The number of hydrogen-bond donors (Lipinski definition) is 7. The number of carbonyl (C=O) groups excluding carboxylic acids is 4. The predicted molar refractivity (Wildman–Crippen MR) is 134 cm³/mol. The fourth-order valence-electron chi connectivity index (χ4n) is 4.02. The van der Waals surface area contributed by atoms with Crippen LogP contribution in [0.2, 0.25) is 0 Å². The molecule has 1 heterocycles. The van der Waals surface area contributed by atoms with E-state index in [-0.39, 0.29) is 36.8 Å². The average Bonchev–Trinajstić information content (AvgIpc) is 3.40. The minimum absolute atomic E-state index is 0.0286. The SMILES string of the molecule is CCC(C)C(NC(=O)C(CCC(N)=O)NC(=O)C1CCCN1)C(=O)NC(Cc1ccc(O)cc1)C(=O)O. The van der Waals surface area contributed by atoms with E-state index in [1.807, 2.05) is 6.92 Å². The van der Waals surface area contributed by atoms with Crippen LogP contribution in [0.25, 0.3) is 0 Å². The lowest BCUT2D eigenvalue weighted by Crippen LogP contribution is -2.58. The maximum absolute atomic E-state index is 13.2. The number of amides is 4. The number of nitrogens with one attached hydrogen (secondary N) is 4. The van der Waals surface area contributed by atoms with Crippen molar-refractivity contribution in [2.75, 3.05) is 6.54 Å². The summed E-state index contributed by atoms with van der Waals surface area (Å²) in [6.07, 6.45) is 1.71. The van der Waals surface area contributed by atoms with Crippen molar-refractivity contribution in [3.8, 4) is 5.75 Å². The Bertz CT molecular complexity index is 963. The van der Waals surface area contributed by atoms with E-state index in [0.29, 0.717) is 24.9 Å². The van der Waals surface area contributed by atoms with Crippen molar-refractivity contribution in [1.82, 2.24) is 21.3 Å². The summed E-state index contributed by atoms with van der Waals surface area (Å²) in [4.78, 5) is 62.1. The summed E-state index contributed by atoms with van der Waals surface area (Å²) in [6, 6.07) is 2.02. The van der Waals surface area contributed by atoms with Gasteiger partial charge in [0.05, 0.1) is 6.04 Å². The molecule has 4 amide bonds. The van der Waals surface area contributed by atoms with E-state index in [2.05, 4.69) is 21.3 Å². The van der Waals surface area contributed by atoms with Gasteiger partial charge in [0.25, 0.3) is 0 Å². The van der Waals surface area contributed by atoms with E-state index in [0.717, 1.165) is 6.42 Å². The fraction of sp³-hybridized carbons (Fsp3) is 0.560. The lowest BCUT2D eigenvalue weighted by atomic mass is 9.96. The highest BCUT2D eigenvalue weighted by molar-refractivity contribution is 5.94. The molecule has 204 valence electrons. The molecule has 0 bridgehead atoms. The molecule has 0 saturated carbocycles. The zero-order valence-electron chi connectivity index (χ0n) is 21.2. The van der Waals surface area contributed by atoms with Crippen molar-refractivity contribution >= 4 is 29.6 Å². The quantitative estimate of drug-likeness (QED) is 0.171. The van der Waals surface area contributed by atoms with Crippen LogP contribution in [0.4, 0.5) is 0 Å². The summed E-state index contributed by atoms with van der Waals surface area (Å²) in [5.74, 6) is -3.97. The van der Waals surface area contributed by atoms with Crippen LogP contribution in [0.15, 0.2) is 24.3 Å². The number of primary amides is 1. The first-order chi connectivity index (χ1) is 17.5. The normalized spacial score (nSPS) is 18.2. The molecule has 0 aliphatic carbocycles. The van der Waals surface area contributed by atoms with Gasteiger partial charge < -0.3 is 37.2 Å². The van der Waals surface area contributed by atoms with Crippen molar-refractivity contribution in [2.45, 2.75) is 76.5 Å².